The summed E-state index contributed by atoms with van der Waals surface area (Å²) in [5, 5.41) is 30.2. The molecule has 4 heterocycles. The number of nitrogens with zero attached hydrogens (tertiary/aromatic N) is 2. The number of aliphatic hydroxyl groups is 2. The highest BCUT2D eigenvalue weighted by molar-refractivity contribution is 5.86. The van der Waals surface area contributed by atoms with Gasteiger partial charge >= 0.3 is 0 Å². The second-order valence-electron chi connectivity index (χ2n) is 7.51. The molecule has 10 nitrogen and oxygen atoms in total. The maximum atomic E-state index is 12.4. The molecule has 2 aliphatic heterocycles. The first kappa shape index (κ1) is 19.1. The van der Waals surface area contributed by atoms with Crippen LogP contribution in [-0.4, -0.2) is 74.2 Å². The molecule has 2 aliphatic rings. The highest BCUT2D eigenvalue weighted by atomic mass is 16.5. The average Bonchev–Trinajstić information content (AvgIpc) is 3.32. The number of fused-ring (bicyclic) bond motifs is 1. The van der Waals surface area contributed by atoms with E-state index < -0.39 is 30.6 Å². The number of carbonyl (C=O) groups is 1. The standard InChI is InChI=1S/C18H26N6O4/c1-8-6-11-13(22-8)16(21-7-20-11)24-18-15(26)14(25)12(9(2)28-18)23-17(27)10-4-3-5-19-10/h6-7,9-10,12,14-15,18-19,22,25-26H,3-5H2,1-2H3,(H,23,27)(H,20,21,24)/t9-,10+,12-,14+,15-,18-/m0/s1. The molecule has 2 aromatic heterocycles. The van der Waals surface area contributed by atoms with Crippen molar-refractivity contribution >= 4 is 22.8 Å². The molecule has 2 aromatic rings. The lowest BCUT2D eigenvalue weighted by atomic mass is 9.95. The van der Waals surface area contributed by atoms with Crippen LogP contribution >= 0.6 is 0 Å². The van der Waals surface area contributed by atoms with Gasteiger partial charge in [-0.15, -0.1) is 0 Å². The number of carbonyl (C=O) groups excluding carboxylic acids is 1. The molecule has 4 rings (SSSR count). The van der Waals surface area contributed by atoms with Crippen LogP contribution in [0.5, 0.6) is 0 Å². The first-order valence-electron chi connectivity index (χ1n) is 9.56. The SMILES string of the molecule is Cc1cc2ncnc(N[C@H]3O[C@@H](C)[C@H](NC(=O)[C@H]4CCCN4)[C@@H](O)[C@@H]3O)c2[nH]1. The fourth-order valence-electron chi connectivity index (χ4n) is 3.88. The zero-order valence-corrected chi connectivity index (χ0v) is 15.8. The first-order valence-corrected chi connectivity index (χ1v) is 9.56. The molecule has 0 aromatic carbocycles. The minimum Gasteiger partial charge on any atom is -0.388 e. The van der Waals surface area contributed by atoms with Gasteiger partial charge in [-0.1, -0.05) is 0 Å². The van der Waals surface area contributed by atoms with Crippen molar-refractivity contribution in [1.29, 1.82) is 0 Å². The van der Waals surface area contributed by atoms with Crippen molar-refractivity contribution in [3.63, 3.8) is 0 Å². The molecule has 28 heavy (non-hydrogen) atoms. The maximum Gasteiger partial charge on any atom is 0.237 e. The van der Waals surface area contributed by atoms with Crippen LogP contribution in [0.1, 0.15) is 25.5 Å². The van der Waals surface area contributed by atoms with Crippen molar-refractivity contribution < 1.29 is 19.7 Å². The second-order valence-corrected chi connectivity index (χ2v) is 7.51. The van der Waals surface area contributed by atoms with Gasteiger partial charge in [-0.3, -0.25) is 4.79 Å². The Bertz CT molecular complexity index is 852. The van der Waals surface area contributed by atoms with Crippen LogP contribution in [0.3, 0.4) is 0 Å². The number of aliphatic hydroxyl groups excluding tert-OH is 2. The number of rotatable bonds is 4. The van der Waals surface area contributed by atoms with Crippen LogP contribution in [0.4, 0.5) is 5.82 Å². The molecule has 0 bridgehead atoms. The lowest BCUT2D eigenvalue weighted by molar-refractivity contribution is -0.173. The summed E-state index contributed by atoms with van der Waals surface area (Å²) in [5.74, 6) is 0.286. The Hall–Kier alpha value is -2.27. The van der Waals surface area contributed by atoms with Crippen LogP contribution in [-0.2, 0) is 9.53 Å². The van der Waals surface area contributed by atoms with Crippen LogP contribution < -0.4 is 16.0 Å². The summed E-state index contributed by atoms with van der Waals surface area (Å²) in [5.41, 5.74) is 2.36. The van der Waals surface area contributed by atoms with Crippen molar-refractivity contribution in [2.45, 2.75) is 63.3 Å². The van der Waals surface area contributed by atoms with Gasteiger partial charge < -0.3 is 35.9 Å². The van der Waals surface area contributed by atoms with E-state index in [0.29, 0.717) is 11.3 Å². The maximum absolute atomic E-state index is 12.4. The monoisotopic (exact) mass is 390 g/mol. The third-order valence-corrected chi connectivity index (χ3v) is 5.41. The van der Waals surface area contributed by atoms with Crippen LogP contribution in [0.25, 0.3) is 11.0 Å². The second kappa shape index (κ2) is 7.63. The molecule has 0 unspecified atom stereocenters. The number of nitrogens with one attached hydrogen (secondary N) is 4. The van der Waals surface area contributed by atoms with E-state index >= 15 is 0 Å². The van der Waals surface area contributed by atoms with E-state index in [1.165, 1.54) is 6.33 Å². The molecular formula is C18H26N6O4. The van der Waals surface area contributed by atoms with Crippen molar-refractivity contribution in [2.24, 2.45) is 0 Å². The normalized spacial score (nSPS) is 33.1. The molecule has 152 valence electrons. The highest BCUT2D eigenvalue weighted by Gasteiger charge is 2.44. The summed E-state index contributed by atoms with van der Waals surface area (Å²) in [4.78, 5) is 24.0. The molecule has 6 atom stereocenters. The molecule has 6 N–H and O–H groups in total. The lowest BCUT2D eigenvalue weighted by Gasteiger charge is -2.42. The number of hydrogen-bond donors (Lipinski definition) is 6. The number of aryl methyl sites for hydroxylation is 1. The summed E-state index contributed by atoms with van der Waals surface area (Å²) in [6, 6.07) is 0.916. The van der Waals surface area contributed by atoms with Gasteiger partial charge in [0.1, 0.15) is 24.1 Å². The topological polar surface area (TPSA) is 144 Å². The Labute approximate surface area is 162 Å². The number of amides is 1. The minimum absolute atomic E-state index is 0.185. The molecule has 0 spiro atoms. The molecule has 0 radical (unpaired) electrons. The van der Waals surface area contributed by atoms with Crippen molar-refractivity contribution in [3.05, 3.63) is 18.1 Å². The Kier molecular flexibility index (Phi) is 5.19. The number of anilines is 1. The van der Waals surface area contributed by atoms with E-state index in [4.69, 9.17) is 4.74 Å². The van der Waals surface area contributed by atoms with Crippen LogP contribution in [0.2, 0.25) is 0 Å². The molecule has 2 fully saturated rings. The zero-order valence-electron chi connectivity index (χ0n) is 15.8. The van der Waals surface area contributed by atoms with E-state index in [-0.39, 0.29) is 11.9 Å². The summed E-state index contributed by atoms with van der Waals surface area (Å²) in [7, 11) is 0. The summed E-state index contributed by atoms with van der Waals surface area (Å²) in [6.07, 6.45) is -0.708. The molecule has 10 heteroatoms. The van der Waals surface area contributed by atoms with Gasteiger partial charge in [0.15, 0.2) is 12.0 Å². The van der Waals surface area contributed by atoms with Gasteiger partial charge in [0, 0.05) is 5.69 Å². The van der Waals surface area contributed by atoms with Gasteiger partial charge in [-0.25, -0.2) is 9.97 Å². The van der Waals surface area contributed by atoms with E-state index in [0.717, 1.165) is 30.6 Å². The molecule has 0 saturated carbocycles. The molecule has 1 amide bonds. The van der Waals surface area contributed by atoms with E-state index in [1.807, 2.05) is 13.0 Å². The average molecular weight is 390 g/mol. The number of ether oxygens (including phenoxy) is 1. The third-order valence-electron chi connectivity index (χ3n) is 5.41. The van der Waals surface area contributed by atoms with Gasteiger partial charge in [-0.2, -0.15) is 0 Å². The lowest BCUT2D eigenvalue weighted by Crippen LogP contribution is -2.65. The Morgan fingerprint density at radius 3 is 2.89 bits per heavy atom. The van der Waals surface area contributed by atoms with Crippen molar-refractivity contribution in [3.8, 4) is 0 Å². The zero-order chi connectivity index (χ0) is 19.8. The summed E-state index contributed by atoms with van der Waals surface area (Å²) in [6.45, 7) is 4.47. The third kappa shape index (κ3) is 3.55. The van der Waals surface area contributed by atoms with Gasteiger partial charge in [0.25, 0.3) is 0 Å². The smallest absolute Gasteiger partial charge is 0.237 e. The fraction of sp³-hybridized carbons (Fsp3) is 0.611. The summed E-state index contributed by atoms with van der Waals surface area (Å²) < 4.78 is 5.87. The predicted molar refractivity (Wildman–Crippen MR) is 102 cm³/mol. The molecule has 2 saturated heterocycles. The van der Waals surface area contributed by atoms with Crippen LogP contribution in [0, 0.1) is 6.92 Å². The van der Waals surface area contributed by atoms with Gasteiger partial charge in [0.2, 0.25) is 5.91 Å². The Morgan fingerprint density at radius 1 is 1.32 bits per heavy atom. The van der Waals surface area contributed by atoms with E-state index in [2.05, 4.69) is 30.9 Å². The van der Waals surface area contributed by atoms with E-state index in [1.54, 1.807) is 6.92 Å². The first-order chi connectivity index (χ1) is 13.4. The Balaban J connectivity index is 1.46. The molecule has 0 aliphatic carbocycles. The quantitative estimate of drug-likeness (QED) is 0.405. The summed E-state index contributed by atoms with van der Waals surface area (Å²) >= 11 is 0. The number of aromatic nitrogens is 3. The minimum atomic E-state index is -1.25. The van der Waals surface area contributed by atoms with Gasteiger partial charge in [0.05, 0.1) is 23.7 Å². The fourth-order valence-corrected chi connectivity index (χ4v) is 3.88. The molecular weight excluding hydrogens is 364 g/mol. The number of hydrogen-bond acceptors (Lipinski definition) is 8. The van der Waals surface area contributed by atoms with E-state index in [9.17, 15) is 15.0 Å². The largest absolute Gasteiger partial charge is 0.388 e. The number of H-pyrrole nitrogens is 1. The van der Waals surface area contributed by atoms with Crippen molar-refractivity contribution in [1.82, 2.24) is 25.6 Å². The predicted octanol–water partition coefficient (Wildman–Crippen LogP) is -0.618. The van der Waals surface area contributed by atoms with Gasteiger partial charge in [-0.05, 0) is 39.3 Å². The van der Waals surface area contributed by atoms with Crippen LogP contribution in [0.15, 0.2) is 12.4 Å². The Morgan fingerprint density at radius 2 is 2.14 bits per heavy atom. The number of aromatic amines is 1. The highest BCUT2D eigenvalue weighted by Crippen LogP contribution is 2.25. The van der Waals surface area contributed by atoms with Crippen molar-refractivity contribution in [2.75, 3.05) is 11.9 Å².